The number of aromatic nitrogens is 4. The van der Waals surface area contributed by atoms with Gasteiger partial charge in [-0.25, -0.2) is 9.97 Å². The van der Waals surface area contributed by atoms with Gasteiger partial charge in [-0.05, 0) is 12.8 Å². The number of hydrogen-bond donors (Lipinski definition) is 2. The number of anilines is 1. The minimum absolute atomic E-state index is 0.457. The van der Waals surface area contributed by atoms with E-state index in [1.165, 1.54) is 6.33 Å². The molecule has 2 heterocycles. The van der Waals surface area contributed by atoms with Crippen LogP contribution in [0.5, 0.6) is 0 Å². The fourth-order valence-corrected chi connectivity index (χ4v) is 1.52. The minimum atomic E-state index is 0.457. The van der Waals surface area contributed by atoms with Gasteiger partial charge in [0.25, 0.3) is 0 Å². The number of aromatic amines is 1. The molecule has 0 aliphatic heterocycles. The highest BCUT2D eigenvalue weighted by Gasteiger charge is 2.07. The van der Waals surface area contributed by atoms with E-state index in [9.17, 15) is 0 Å². The van der Waals surface area contributed by atoms with Crippen molar-refractivity contribution in [2.45, 2.75) is 32.7 Å². The summed E-state index contributed by atoms with van der Waals surface area (Å²) in [5.41, 5.74) is 1.57. The Hall–Kier alpha value is -1.65. The van der Waals surface area contributed by atoms with Crippen LogP contribution < -0.4 is 5.32 Å². The van der Waals surface area contributed by atoms with Gasteiger partial charge >= 0.3 is 0 Å². The van der Waals surface area contributed by atoms with E-state index in [2.05, 4.69) is 39.1 Å². The van der Waals surface area contributed by atoms with Crippen molar-refractivity contribution in [2.24, 2.45) is 0 Å². The lowest BCUT2D eigenvalue weighted by atomic mass is 10.2. The maximum Gasteiger partial charge on any atom is 0.202 e. The Bertz CT molecular complexity index is 399. The van der Waals surface area contributed by atoms with E-state index in [4.69, 9.17) is 0 Å². The van der Waals surface area contributed by atoms with Crippen LogP contribution in [0.25, 0.3) is 11.2 Å². The highest BCUT2D eigenvalue weighted by molar-refractivity contribution is 5.71. The van der Waals surface area contributed by atoms with Gasteiger partial charge in [-0.2, -0.15) is 4.98 Å². The molecule has 5 nitrogen and oxygen atoms in total. The van der Waals surface area contributed by atoms with Gasteiger partial charge in [-0.3, -0.25) is 0 Å². The van der Waals surface area contributed by atoms with Crippen molar-refractivity contribution in [3.8, 4) is 0 Å². The van der Waals surface area contributed by atoms with Crippen LogP contribution in [-0.4, -0.2) is 26.0 Å². The molecule has 0 radical (unpaired) electrons. The molecule has 0 amide bonds. The molecule has 15 heavy (non-hydrogen) atoms. The molecule has 2 rings (SSSR count). The van der Waals surface area contributed by atoms with Crippen molar-refractivity contribution < 1.29 is 0 Å². The predicted octanol–water partition coefficient (Wildman–Crippen LogP) is 1.95. The third kappa shape index (κ3) is 2.06. The van der Waals surface area contributed by atoms with E-state index >= 15 is 0 Å². The first-order chi connectivity index (χ1) is 7.33. The molecule has 0 aliphatic rings. The Morgan fingerprint density at radius 3 is 2.87 bits per heavy atom. The Morgan fingerprint density at radius 2 is 2.20 bits per heavy atom. The molecule has 0 fully saturated rings. The molecule has 0 spiro atoms. The standard InChI is InChI=1S/C10H15N5/c1-3-7(4-2)13-10-14-8-5-11-6-12-9(8)15-10/h5-7H,3-4H2,1-2H3,(H2,11,12,13,14,15). The quantitative estimate of drug-likeness (QED) is 0.800. The molecule has 2 N–H and O–H groups in total. The zero-order valence-corrected chi connectivity index (χ0v) is 8.99. The molecule has 0 unspecified atom stereocenters. The normalized spacial score (nSPS) is 11.1. The summed E-state index contributed by atoms with van der Waals surface area (Å²) in [5, 5.41) is 3.33. The number of hydrogen-bond acceptors (Lipinski definition) is 4. The van der Waals surface area contributed by atoms with Gasteiger partial charge in [0.15, 0.2) is 5.65 Å². The summed E-state index contributed by atoms with van der Waals surface area (Å²) in [7, 11) is 0. The molecule has 0 aromatic carbocycles. The number of nitrogens with one attached hydrogen (secondary N) is 2. The summed E-state index contributed by atoms with van der Waals surface area (Å²) >= 11 is 0. The molecule has 0 bridgehead atoms. The summed E-state index contributed by atoms with van der Waals surface area (Å²) in [4.78, 5) is 15.5. The highest BCUT2D eigenvalue weighted by atomic mass is 15.2. The van der Waals surface area contributed by atoms with Crippen molar-refractivity contribution in [1.29, 1.82) is 0 Å². The number of fused-ring (bicyclic) bond motifs is 1. The van der Waals surface area contributed by atoms with Crippen LogP contribution in [0.3, 0.4) is 0 Å². The van der Waals surface area contributed by atoms with Crippen LogP contribution in [0.1, 0.15) is 26.7 Å². The van der Waals surface area contributed by atoms with Gasteiger partial charge in [0.05, 0.1) is 6.20 Å². The summed E-state index contributed by atoms with van der Waals surface area (Å²) < 4.78 is 0. The maximum atomic E-state index is 4.33. The topological polar surface area (TPSA) is 66.5 Å². The van der Waals surface area contributed by atoms with Crippen LogP contribution in [0.4, 0.5) is 5.95 Å². The first kappa shape index (κ1) is 9.89. The first-order valence-electron chi connectivity index (χ1n) is 5.25. The summed E-state index contributed by atoms with van der Waals surface area (Å²) in [6.45, 7) is 4.31. The third-order valence-corrected chi connectivity index (χ3v) is 2.49. The molecular formula is C10H15N5. The van der Waals surface area contributed by atoms with E-state index in [0.717, 1.165) is 24.3 Å². The molecule has 0 saturated heterocycles. The van der Waals surface area contributed by atoms with Crippen molar-refractivity contribution in [3.05, 3.63) is 12.5 Å². The molecule has 0 aliphatic carbocycles. The maximum absolute atomic E-state index is 4.33. The number of H-pyrrole nitrogens is 1. The van der Waals surface area contributed by atoms with Crippen molar-refractivity contribution >= 4 is 17.1 Å². The fraction of sp³-hybridized carbons (Fsp3) is 0.500. The van der Waals surface area contributed by atoms with Gasteiger partial charge in [-0.1, -0.05) is 13.8 Å². The minimum Gasteiger partial charge on any atom is -0.353 e. The van der Waals surface area contributed by atoms with Crippen molar-refractivity contribution in [1.82, 2.24) is 19.9 Å². The smallest absolute Gasteiger partial charge is 0.202 e. The second kappa shape index (κ2) is 4.25. The number of imidazole rings is 1. The van der Waals surface area contributed by atoms with E-state index in [1.807, 2.05) is 0 Å². The lowest BCUT2D eigenvalue weighted by molar-refractivity contribution is 0.666. The Morgan fingerprint density at radius 1 is 1.40 bits per heavy atom. The van der Waals surface area contributed by atoms with Crippen LogP contribution in [0, 0.1) is 0 Å². The SMILES string of the molecule is CCC(CC)Nc1nc2ncncc2[nH]1. The first-order valence-corrected chi connectivity index (χ1v) is 5.25. The third-order valence-electron chi connectivity index (χ3n) is 2.49. The van der Waals surface area contributed by atoms with Gasteiger partial charge in [0, 0.05) is 6.04 Å². The zero-order valence-electron chi connectivity index (χ0n) is 8.99. The van der Waals surface area contributed by atoms with Crippen molar-refractivity contribution in [3.63, 3.8) is 0 Å². The molecule has 80 valence electrons. The number of nitrogens with zero attached hydrogens (tertiary/aromatic N) is 3. The lowest BCUT2D eigenvalue weighted by Crippen LogP contribution is -2.17. The largest absolute Gasteiger partial charge is 0.353 e. The summed E-state index contributed by atoms with van der Waals surface area (Å²) in [5.74, 6) is 0.777. The van der Waals surface area contributed by atoms with Gasteiger partial charge < -0.3 is 10.3 Å². The van der Waals surface area contributed by atoms with E-state index in [1.54, 1.807) is 6.20 Å². The van der Waals surface area contributed by atoms with Crippen LogP contribution in [0.2, 0.25) is 0 Å². The molecular weight excluding hydrogens is 190 g/mol. The van der Waals surface area contributed by atoms with E-state index in [0.29, 0.717) is 11.7 Å². The van der Waals surface area contributed by atoms with Crippen LogP contribution in [0.15, 0.2) is 12.5 Å². The Labute approximate surface area is 88.4 Å². The van der Waals surface area contributed by atoms with Gasteiger partial charge in [0.1, 0.15) is 11.8 Å². The highest BCUT2D eigenvalue weighted by Crippen LogP contribution is 2.12. The second-order valence-electron chi connectivity index (χ2n) is 3.50. The molecule has 5 heteroatoms. The predicted molar refractivity (Wildman–Crippen MR) is 59.7 cm³/mol. The molecule has 2 aromatic heterocycles. The zero-order chi connectivity index (χ0) is 10.7. The van der Waals surface area contributed by atoms with Crippen LogP contribution >= 0.6 is 0 Å². The Balaban J connectivity index is 2.21. The van der Waals surface area contributed by atoms with Crippen LogP contribution in [-0.2, 0) is 0 Å². The van der Waals surface area contributed by atoms with Gasteiger partial charge in [0.2, 0.25) is 5.95 Å². The lowest BCUT2D eigenvalue weighted by Gasteiger charge is -2.12. The van der Waals surface area contributed by atoms with Crippen molar-refractivity contribution in [2.75, 3.05) is 5.32 Å². The Kier molecular flexibility index (Phi) is 2.80. The monoisotopic (exact) mass is 205 g/mol. The van der Waals surface area contributed by atoms with E-state index < -0.39 is 0 Å². The molecule has 0 atom stereocenters. The number of rotatable bonds is 4. The summed E-state index contributed by atoms with van der Waals surface area (Å²) in [6, 6.07) is 0.457. The molecule has 0 saturated carbocycles. The average molecular weight is 205 g/mol. The molecule has 2 aromatic rings. The van der Waals surface area contributed by atoms with E-state index in [-0.39, 0.29) is 0 Å². The average Bonchev–Trinajstić information content (AvgIpc) is 2.68. The fourth-order valence-electron chi connectivity index (χ4n) is 1.52. The second-order valence-corrected chi connectivity index (χ2v) is 3.50. The summed E-state index contributed by atoms with van der Waals surface area (Å²) in [6.07, 6.45) is 5.40. The van der Waals surface area contributed by atoms with Gasteiger partial charge in [-0.15, -0.1) is 0 Å².